The first-order valence-electron chi connectivity index (χ1n) is 10.7. The van der Waals surface area contributed by atoms with Crippen molar-refractivity contribution >= 4 is 35.0 Å². The molecule has 3 amide bonds. The molecule has 32 heavy (non-hydrogen) atoms. The zero-order valence-corrected chi connectivity index (χ0v) is 19.1. The molecular weight excluding hydrogens is 428 g/mol. The van der Waals surface area contributed by atoms with Gasteiger partial charge in [-0.1, -0.05) is 29.8 Å². The summed E-state index contributed by atoms with van der Waals surface area (Å²) in [6.07, 6.45) is 1.01. The lowest BCUT2D eigenvalue weighted by Gasteiger charge is -2.43. The first-order chi connectivity index (χ1) is 15.3. The van der Waals surface area contributed by atoms with Gasteiger partial charge in [0.1, 0.15) is 12.1 Å². The van der Waals surface area contributed by atoms with Crippen LogP contribution in [0.1, 0.15) is 23.2 Å². The van der Waals surface area contributed by atoms with E-state index in [1.165, 1.54) is 4.90 Å². The molecule has 0 aromatic heterocycles. The monoisotopic (exact) mass is 454 g/mol. The Morgan fingerprint density at radius 2 is 1.62 bits per heavy atom. The Balaban J connectivity index is 1.56. The zero-order valence-electron chi connectivity index (χ0n) is 18.3. The van der Waals surface area contributed by atoms with E-state index in [0.717, 1.165) is 5.69 Å². The number of likely N-dealkylation sites (N-methyl/N-ethyl adjacent to an activating group) is 1. The molecule has 7 nitrogen and oxygen atoms in total. The molecule has 2 aliphatic rings. The first-order valence-corrected chi connectivity index (χ1v) is 11.1. The summed E-state index contributed by atoms with van der Waals surface area (Å²) in [5.41, 5.74) is 0.768. The standard InChI is InChI=1S/C24H27ClN4O3/c1-26(2)21(30)16-28-17-29(20-6-4-3-5-7-20)24(23(28)32)12-14-27(15-13-24)22(31)18-8-10-19(25)11-9-18/h3-11H,12-17H2,1-2H3. The van der Waals surface area contributed by atoms with E-state index in [4.69, 9.17) is 11.6 Å². The maximum Gasteiger partial charge on any atom is 0.253 e. The highest BCUT2D eigenvalue weighted by Crippen LogP contribution is 2.39. The highest BCUT2D eigenvalue weighted by atomic mass is 35.5. The van der Waals surface area contributed by atoms with Crippen molar-refractivity contribution in [3.05, 3.63) is 65.2 Å². The van der Waals surface area contributed by atoms with Gasteiger partial charge in [0.2, 0.25) is 5.91 Å². The number of rotatable bonds is 4. The third kappa shape index (κ3) is 4.05. The lowest BCUT2D eigenvalue weighted by molar-refractivity contribution is -0.139. The minimum absolute atomic E-state index is 0.0460. The second kappa shape index (κ2) is 8.82. The second-order valence-electron chi connectivity index (χ2n) is 8.53. The molecule has 8 heteroatoms. The van der Waals surface area contributed by atoms with Crippen LogP contribution in [-0.4, -0.2) is 78.4 Å². The van der Waals surface area contributed by atoms with Gasteiger partial charge in [-0.2, -0.15) is 0 Å². The van der Waals surface area contributed by atoms with Gasteiger partial charge in [-0.25, -0.2) is 0 Å². The number of carbonyl (C=O) groups excluding carboxylic acids is 3. The highest BCUT2D eigenvalue weighted by molar-refractivity contribution is 6.30. The van der Waals surface area contributed by atoms with E-state index < -0.39 is 5.54 Å². The molecule has 0 aliphatic carbocycles. The van der Waals surface area contributed by atoms with Gasteiger partial charge in [0.15, 0.2) is 0 Å². The Labute approximate surface area is 193 Å². The molecule has 0 atom stereocenters. The molecular formula is C24H27ClN4O3. The molecule has 2 heterocycles. The van der Waals surface area contributed by atoms with Crippen LogP contribution in [-0.2, 0) is 9.59 Å². The Bertz CT molecular complexity index is 1000. The number of nitrogens with zero attached hydrogens (tertiary/aromatic N) is 4. The van der Waals surface area contributed by atoms with Crippen LogP contribution in [0.2, 0.25) is 5.02 Å². The van der Waals surface area contributed by atoms with E-state index in [0.29, 0.717) is 43.2 Å². The van der Waals surface area contributed by atoms with E-state index in [1.807, 2.05) is 30.3 Å². The molecule has 168 valence electrons. The van der Waals surface area contributed by atoms with Gasteiger partial charge in [-0.05, 0) is 49.2 Å². The minimum Gasteiger partial charge on any atom is -0.347 e. The summed E-state index contributed by atoms with van der Waals surface area (Å²) in [7, 11) is 3.38. The van der Waals surface area contributed by atoms with Crippen LogP contribution >= 0.6 is 11.6 Å². The summed E-state index contributed by atoms with van der Waals surface area (Å²) in [5, 5.41) is 0.585. The number of amides is 3. The van der Waals surface area contributed by atoms with E-state index in [-0.39, 0.29) is 24.3 Å². The third-order valence-electron chi connectivity index (χ3n) is 6.38. The summed E-state index contributed by atoms with van der Waals surface area (Å²) in [6, 6.07) is 16.7. The summed E-state index contributed by atoms with van der Waals surface area (Å²) >= 11 is 5.94. The fourth-order valence-corrected chi connectivity index (χ4v) is 4.61. The van der Waals surface area contributed by atoms with Crippen molar-refractivity contribution in [3.63, 3.8) is 0 Å². The number of para-hydroxylation sites is 1. The molecule has 2 saturated heterocycles. The predicted octanol–water partition coefficient (Wildman–Crippen LogP) is 2.71. The third-order valence-corrected chi connectivity index (χ3v) is 6.63. The van der Waals surface area contributed by atoms with Crippen molar-refractivity contribution in [2.45, 2.75) is 18.4 Å². The summed E-state index contributed by atoms with van der Waals surface area (Å²) in [6.45, 7) is 1.33. The fourth-order valence-electron chi connectivity index (χ4n) is 4.48. The van der Waals surface area contributed by atoms with Crippen LogP contribution in [0, 0.1) is 0 Å². The van der Waals surface area contributed by atoms with Crippen molar-refractivity contribution in [1.82, 2.24) is 14.7 Å². The largest absolute Gasteiger partial charge is 0.347 e. The highest BCUT2D eigenvalue weighted by Gasteiger charge is 2.54. The number of hydrogen-bond donors (Lipinski definition) is 0. The Kier molecular flexibility index (Phi) is 6.11. The van der Waals surface area contributed by atoms with Crippen molar-refractivity contribution in [1.29, 1.82) is 0 Å². The maximum atomic E-state index is 13.6. The molecule has 0 radical (unpaired) electrons. The van der Waals surface area contributed by atoms with Crippen molar-refractivity contribution in [2.24, 2.45) is 0 Å². The maximum absolute atomic E-state index is 13.6. The summed E-state index contributed by atoms with van der Waals surface area (Å²) in [4.78, 5) is 45.9. The predicted molar refractivity (Wildman–Crippen MR) is 124 cm³/mol. The second-order valence-corrected chi connectivity index (χ2v) is 8.96. The molecule has 0 unspecified atom stereocenters. The van der Waals surface area contributed by atoms with Crippen LogP contribution < -0.4 is 4.90 Å². The molecule has 1 spiro atoms. The van der Waals surface area contributed by atoms with Crippen LogP contribution in [0.15, 0.2) is 54.6 Å². The summed E-state index contributed by atoms with van der Waals surface area (Å²) in [5.74, 6) is -0.221. The van der Waals surface area contributed by atoms with Crippen LogP contribution in [0.4, 0.5) is 5.69 Å². The van der Waals surface area contributed by atoms with Gasteiger partial charge in [0.25, 0.3) is 11.8 Å². The molecule has 4 rings (SSSR count). The van der Waals surface area contributed by atoms with Crippen LogP contribution in [0.25, 0.3) is 0 Å². The van der Waals surface area contributed by atoms with Crippen LogP contribution in [0.5, 0.6) is 0 Å². The molecule has 0 saturated carbocycles. The Morgan fingerprint density at radius 3 is 2.22 bits per heavy atom. The molecule has 0 bridgehead atoms. The first kappa shape index (κ1) is 22.1. The van der Waals surface area contributed by atoms with Crippen molar-refractivity contribution < 1.29 is 14.4 Å². The number of hydrogen-bond acceptors (Lipinski definition) is 4. The number of halogens is 1. The Hall–Kier alpha value is -3.06. The lowest BCUT2D eigenvalue weighted by Crippen LogP contribution is -2.57. The van der Waals surface area contributed by atoms with Gasteiger partial charge < -0.3 is 19.6 Å². The van der Waals surface area contributed by atoms with Crippen molar-refractivity contribution in [3.8, 4) is 0 Å². The van der Waals surface area contributed by atoms with E-state index >= 15 is 0 Å². The molecule has 2 aromatic carbocycles. The molecule has 0 N–H and O–H groups in total. The van der Waals surface area contributed by atoms with Crippen molar-refractivity contribution in [2.75, 3.05) is 45.3 Å². The van der Waals surface area contributed by atoms with E-state index in [2.05, 4.69) is 4.90 Å². The number of likely N-dealkylation sites (tertiary alicyclic amines) is 1. The van der Waals surface area contributed by atoms with Gasteiger partial charge in [-0.3, -0.25) is 14.4 Å². The van der Waals surface area contributed by atoms with Gasteiger partial charge >= 0.3 is 0 Å². The van der Waals surface area contributed by atoms with E-state index in [1.54, 1.807) is 48.2 Å². The van der Waals surface area contributed by atoms with E-state index in [9.17, 15) is 14.4 Å². The Morgan fingerprint density at radius 1 is 1.00 bits per heavy atom. The number of carbonyl (C=O) groups is 3. The lowest BCUT2D eigenvalue weighted by atomic mass is 9.85. The van der Waals surface area contributed by atoms with Gasteiger partial charge in [0.05, 0.1) is 6.67 Å². The normalized spacial score (nSPS) is 17.7. The zero-order chi connectivity index (χ0) is 22.9. The fraction of sp³-hybridized carbons (Fsp3) is 0.375. The SMILES string of the molecule is CN(C)C(=O)CN1CN(c2ccccc2)C2(CCN(C(=O)c3ccc(Cl)cc3)CC2)C1=O. The number of benzene rings is 2. The molecule has 2 aliphatic heterocycles. The minimum atomic E-state index is -0.759. The average Bonchev–Trinajstić information content (AvgIpc) is 3.06. The molecule has 2 fully saturated rings. The van der Waals surface area contributed by atoms with Gasteiger partial charge in [-0.15, -0.1) is 0 Å². The quantitative estimate of drug-likeness (QED) is 0.712. The number of piperidine rings is 1. The topological polar surface area (TPSA) is 64.2 Å². The average molecular weight is 455 g/mol. The van der Waals surface area contributed by atoms with Crippen LogP contribution in [0.3, 0.4) is 0 Å². The summed E-state index contributed by atoms with van der Waals surface area (Å²) < 4.78 is 0. The number of anilines is 1. The smallest absolute Gasteiger partial charge is 0.253 e. The van der Waals surface area contributed by atoms with Gasteiger partial charge in [0, 0.05) is 43.5 Å². The molecule has 2 aromatic rings.